The molecule has 0 aromatic heterocycles. The molecule has 26 heavy (non-hydrogen) atoms. The van der Waals surface area contributed by atoms with Gasteiger partial charge in [0, 0.05) is 22.1 Å². The molecule has 5 nitrogen and oxygen atoms in total. The molecular formula is C20H21BrN2O3. The van der Waals surface area contributed by atoms with Crippen molar-refractivity contribution in [3.8, 4) is 11.5 Å². The van der Waals surface area contributed by atoms with E-state index in [0.29, 0.717) is 17.9 Å². The quantitative estimate of drug-likeness (QED) is 0.761. The fraction of sp³-hybridized carbons (Fsp3) is 0.350. The zero-order valence-electron chi connectivity index (χ0n) is 15.2. The summed E-state index contributed by atoms with van der Waals surface area (Å²) < 4.78 is 12.8. The minimum atomic E-state index is -0.790. The van der Waals surface area contributed by atoms with Crippen molar-refractivity contribution >= 4 is 27.6 Å². The molecule has 2 bridgehead atoms. The number of benzene rings is 2. The molecule has 0 saturated carbocycles. The molecule has 0 spiro atoms. The second-order valence-electron chi connectivity index (χ2n) is 7.19. The number of carbonyl (C=O) groups is 1. The van der Waals surface area contributed by atoms with Crippen molar-refractivity contribution in [1.29, 1.82) is 0 Å². The lowest BCUT2D eigenvalue weighted by atomic mass is 9.89. The summed E-state index contributed by atoms with van der Waals surface area (Å²) in [6.45, 7) is 6.02. The first kappa shape index (κ1) is 17.2. The number of methoxy groups -OCH3 is 1. The molecule has 2 aliphatic heterocycles. The average Bonchev–Trinajstić information content (AvgIpc) is 2.53. The number of aryl methyl sites for hydroxylation is 2. The van der Waals surface area contributed by atoms with Crippen molar-refractivity contribution < 1.29 is 14.3 Å². The third-order valence-corrected chi connectivity index (χ3v) is 5.44. The highest BCUT2D eigenvalue weighted by Gasteiger charge is 2.50. The zero-order chi connectivity index (χ0) is 18.6. The van der Waals surface area contributed by atoms with Crippen LogP contribution in [0.25, 0.3) is 0 Å². The number of anilines is 1. The number of hydrogen-bond donors (Lipinski definition) is 1. The predicted molar refractivity (Wildman–Crippen MR) is 104 cm³/mol. The number of halogens is 1. The van der Waals surface area contributed by atoms with Gasteiger partial charge < -0.3 is 14.8 Å². The van der Waals surface area contributed by atoms with Crippen LogP contribution in [0.15, 0.2) is 34.8 Å². The van der Waals surface area contributed by atoms with E-state index in [4.69, 9.17) is 9.47 Å². The van der Waals surface area contributed by atoms with Gasteiger partial charge in [-0.2, -0.15) is 0 Å². The number of ether oxygens (including phenoxy) is 2. The lowest BCUT2D eigenvalue weighted by Crippen LogP contribution is -2.65. The molecule has 2 atom stereocenters. The van der Waals surface area contributed by atoms with E-state index < -0.39 is 5.72 Å². The second-order valence-corrected chi connectivity index (χ2v) is 8.11. The van der Waals surface area contributed by atoms with Crippen molar-refractivity contribution in [1.82, 2.24) is 5.32 Å². The minimum absolute atomic E-state index is 0.121. The smallest absolute Gasteiger partial charge is 0.325 e. The molecule has 4 rings (SSSR count). The average molecular weight is 417 g/mol. The topological polar surface area (TPSA) is 50.8 Å². The molecule has 2 aliphatic rings. The number of nitrogens with one attached hydrogen (secondary N) is 1. The molecule has 6 heteroatoms. The molecule has 2 aromatic rings. The zero-order valence-corrected chi connectivity index (χ0v) is 16.8. The molecule has 136 valence electrons. The van der Waals surface area contributed by atoms with E-state index in [1.54, 1.807) is 12.0 Å². The standard InChI is InChI=1S/C20H21BrN2O3/c1-11-5-12(2)7-14(6-11)23-19(24)22-16-10-20(23,3)26-18-15(16)8-13(21)9-17(18)25-4/h5-9,16H,10H2,1-4H3,(H,22,24)/t16-,20+/m0/s1. The Labute approximate surface area is 161 Å². The molecule has 2 aromatic carbocycles. The van der Waals surface area contributed by atoms with Crippen LogP contribution in [0.5, 0.6) is 11.5 Å². The van der Waals surface area contributed by atoms with Crippen LogP contribution in [0.2, 0.25) is 0 Å². The van der Waals surface area contributed by atoms with E-state index in [9.17, 15) is 4.79 Å². The van der Waals surface area contributed by atoms with Gasteiger partial charge in [0.15, 0.2) is 17.2 Å². The Kier molecular flexibility index (Phi) is 3.91. The molecule has 1 fully saturated rings. The van der Waals surface area contributed by atoms with E-state index in [2.05, 4.69) is 27.3 Å². The Hall–Kier alpha value is -2.21. The Morgan fingerprint density at radius 3 is 2.58 bits per heavy atom. The largest absolute Gasteiger partial charge is 0.493 e. The molecule has 1 N–H and O–H groups in total. The molecule has 0 unspecified atom stereocenters. The summed E-state index contributed by atoms with van der Waals surface area (Å²) in [6.07, 6.45) is 0.651. The van der Waals surface area contributed by atoms with E-state index in [-0.39, 0.29) is 12.1 Å². The van der Waals surface area contributed by atoms with Crippen molar-refractivity contribution in [3.63, 3.8) is 0 Å². The number of urea groups is 1. The van der Waals surface area contributed by atoms with Crippen molar-refractivity contribution in [3.05, 3.63) is 51.5 Å². The number of nitrogens with zero attached hydrogens (tertiary/aromatic N) is 1. The second kappa shape index (κ2) is 5.91. The van der Waals surface area contributed by atoms with E-state index in [0.717, 1.165) is 26.9 Å². The first-order valence-electron chi connectivity index (χ1n) is 8.56. The van der Waals surface area contributed by atoms with Crippen LogP contribution in [0.3, 0.4) is 0 Å². The third kappa shape index (κ3) is 2.63. The van der Waals surface area contributed by atoms with Gasteiger partial charge in [-0.15, -0.1) is 0 Å². The molecule has 0 aliphatic carbocycles. The number of rotatable bonds is 2. The predicted octanol–water partition coefficient (Wildman–Crippen LogP) is 4.84. The number of carbonyl (C=O) groups excluding carboxylic acids is 1. The highest BCUT2D eigenvalue weighted by molar-refractivity contribution is 9.10. The number of amides is 2. The van der Waals surface area contributed by atoms with Crippen LogP contribution in [0, 0.1) is 13.8 Å². The molecular weight excluding hydrogens is 396 g/mol. The van der Waals surface area contributed by atoms with Gasteiger partial charge in [0.2, 0.25) is 0 Å². The van der Waals surface area contributed by atoms with Gasteiger partial charge >= 0.3 is 6.03 Å². The van der Waals surface area contributed by atoms with Crippen LogP contribution >= 0.6 is 15.9 Å². The highest BCUT2D eigenvalue weighted by atomic mass is 79.9. The van der Waals surface area contributed by atoms with Crippen molar-refractivity contribution in [2.45, 2.75) is 39.0 Å². The van der Waals surface area contributed by atoms with Crippen molar-refractivity contribution in [2.24, 2.45) is 0 Å². The maximum absolute atomic E-state index is 13.0. The SMILES string of the molecule is COc1cc(Br)cc2c1O[C@]1(C)C[C@@H]2NC(=O)N1c1cc(C)cc(C)c1. The fourth-order valence-corrected chi connectivity index (χ4v) is 4.48. The minimum Gasteiger partial charge on any atom is -0.493 e. The Bertz CT molecular complexity index is 894. The Morgan fingerprint density at radius 1 is 1.23 bits per heavy atom. The normalized spacial score (nSPS) is 23.8. The van der Waals surface area contributed by atoms with Crippen LogP contribution in [0.1, 0.15) is 36.1 Å². The van der Waals surface area contributed by atoms with Crippen LogP contribution in [-0.2, 0) is 0 Å². The fourth-order valence-electron chi connectivity index (χ4n) is 4.02. The Morgan fingerprint density at radius 2 is 1.92 bits per heavy atom. The lowest BCUT2D eigenvalue weighted by molar-refractivity contribution is 0.0349. The van der Waals surface area contributed by atoms with E-state index in [1.165, 1.54) is 0 Å². The molecule has 2 heterocycles. The van der Waals surface area contributed by atoms with Gasteiger partial charge in [-0.1, -0.05) is 22.0 Å². The van der Waals surface area contributed by atoms with Gasteiger partial charge in [0.25, 0.3) is 0 Å². The van der Waals surface area contributed by atoms with Gasteiger partial charge in [0.1, 0.15) is 0 Å². The lowest BCUT2D eigenvalue weighted by Gasteiger charge is -2.50. The monoisotopic (exact) mass is 416 g/mol. The summed E-state index contributed by atoms with van der Waals surface area (Å²) in [6, 6.07) is 9.70. The first-order chi connectivity index (χ1) is 12.3. The maximum atomic E-state index is 13.0. The number of fused-ring (bicyclic) bond motifs is 4. The van der Waals surface area contributed by atoms with Gasteiger partial charge in [0.05, 0.1) is 13.2 Å². The van der Waals surface area contributed by atoms with Gasteiger partial charge in [-0.05, 0) is 56.2 Å². The summed E-state index contributed by atoms with van der Waals surface area (Å²) in [5, 5.41) is 3.13. The maximum Gasteiger partial charge on any atom is 0.325 e. The van der Waals surface area contributed by atoms with Crippen LogP contribution < -0.4 is 19.7 Å². The summed E-state index contributed by atoms with van der Waals surface area (Å²) in [4.78, 5) is 14.7. The number of hydrogen-bond acceptors (Lipinski definition) is 3. The molecule has 2 amide bonds. The van der Waals surface area contributed by atoms with E-state index in [1.807, 2.05) is 45.0 Å². The van der Waals surface area contributed by atoms with E-state index >= 15 is 0 Å². The van der Waals surface area contributed by atoms with Gasteiger partial charge in [-0.3, -0.25) is 4.90 Å². The summed E-state index contributed by atoms with van der Waals surface area (Å²) in [7, 11) is 1.62. The molecule has 0 radical (unpaired) electrons. The van der Waals surface area contributed by atoms with Crippen molar-refractivity contribution in [2.75, 3.05) is 12.0 Å². The summed E-state index contributed by atoms with van der Waals surface area (Å²) in [5.74, 6) is 1.34. The highest BCUT2D eigenvalue weighted by Crippen LogP contribution is 2.50. The van der Waals surface area contributed by atoms with Crippen LogP contribution in [0.4, 0.5) is 10.5 Å². The molecule has 1 saturated heterocycles. The first-order valence-corrected chi connectivity index (χ1v) is 9.35. The summed E-state index contributed by atoms with van der Waals surface area (Å²) >= 11 is 3.51. The van der Waals surface area contributed by atoms with Crippen LogP contribution in [-0.4, -0.2) is 18.9 Å². The third-order valence-electron chi connectivity index (χ3n) is 4.99. The van der Waals surface area contributed by atoms with Gasteiger partial charge in [-0.25, -0.2) is 4.79 Å². The summed E-state index contributed by atoms with van der Waals surface area (Å²) in [5.41, 5.74) is 3.19. The Balaban J connectivity index is 1.85.